The van der Waals surface area contributed by atoms with Gasteiger partial charge in [-0.05, 0) is 42.9 Å². The largest absolute Gasteiger partial charge is 0.381 e. The predicted molar refractivity (Wildman–Crippen MR) is 99.8 cm³/mol. The number of ether oxygens (including phenoxy) is 2. The van der Waals surface area contributed by atoms with Crippen LogP contribution in [0.1, 0.15) is 41.6 Å². The lowest BCUT2D eigenvalue weighted by molar-refractivity contribution is -0.170. The Morgan fingerprint density at radius 1 is 1.31 bits per heavy atom. The fourth-order valence-corrected chi connectivity index (χ4v) is 5.60. The van der Waals surface area contributed by atoms with E-state index in [0.29, 0.717) is 23.3 Å². The number of carbonyl (C=O) groups excluding carboxylic acids is 1. The van der Waals surface area contributed by atoms with Crippen LogP contribution in [0.3, 0.4) is 0 Å². The summed E-state index contributed by atoms with van der Waals surface area (Å²) in [6, 6.07) is 7.80. The fourth-order valence-electron chi connectivity index (χ4n) is 5.60. The van der Waals surface area contributed by atoms with E-state index >= 15 is 0 Å². The number of methoxy groups -OCH3 is 1. The molecule has 2 heterocycles. The van der Waals surface area contributed by atoms with Gasteiger partial charge in [-0.2, -0.15) is 0 Å². The number of likely N-dealkylation sites (tertiary alicyclic amines) is 1. The molecule has 0 spiro atoms. The lowest BCUT2D eigenvalue weighted by atomic mass is 9.62. The summed E-state index contributed by atoms with van der Waals surface area (Å²) in [5, 5.41) is 0. The van der Waals surface area contributed by atoms with E-state index in [1.54, 1.807) is 6.07 Å². The molecule has 1 aromatic carbocycles. The Hall–Kier alpha value is -1.43. The summed E-state index contributed by atoms with van der Waals surface area (Å²) in [6.07, 6.45) is 4.78. The standard InChI is InChI=1S/C21H30N2O3/c1-25-21(17-5-2-4-16(10-17)20(22)24)18-6-3-7-19(21)13-23(12-18)11-15-8-9-26-14-15/h2,4-5,10,15,18-19H,3,6-9,11-14H2,1H3,(H2,22,24)/t15?,18-,19+,21-. The maximum atomic E-state index is 11.7. The zero-order valence-electron chi connectivity index (χ0n) is 15.7. The SMILES string of the molecule is CO[C@]1(c2cccc(C(N)=O)c2)[C@@H]2CCC[C@H]1CN(CC1CCOC1)C2. The second-order valence-corrected chi connectivity index (χ2v) is 8.22. The van der Waals surface area contributed by atoms with Crippen LogP contribution in [0.5, 0.6) is 0 Å². The first-order valence-electron chi connectivity index (χ1n) is 9.89. The van der Waals surface area contributed by atoms with Gasteiger partial charge in [0, 0.05) is 50.8 Å². The van der Waals surface area contributed by atoms with Crippen LogP contribution in [0.15, 0.2) is 24.3 Å². The van der Waals surface area contributed by atoms with Crippen molar-refractivity contribution in [2.24, 2.45) is 23.5 Å². The van der Waals surface area contributed by atoms with Crippen LogP contribution in [-0.4, -0.2) is 50.8 Å². The Bertz CT molecular complexity index is 642. The van der Waals surface area contributed by atoms with Gasteiger partial charge in [0.2, 0.25) is 5.91 Å². The van der Waals surface area contributed by atoms with E-state index in [2.05, 4.69) is 11.0 Å². The average Bonchev–Trinajstić information content (AvgIpc) is 3.14. The van der Waals surface area contributed by atoms with Crippen LogP contribution >= 0.6 is 0 Å². The molecule has 1 unspecified atom stereocenters. The second kappa shape index (κ2) is 7.29. The molecule has 142 valence electrons. The van der Waals surface area contributed by atoms with Crippen LogP contribution in [0.25, 0.3) is 0 Å². The zero-order valence-corrected chi connectivity index (χ0v) is 15.7. The third-order valence-electron chi connectivity index (χ3n) is 6.75. The molecule has 1 aromatic rings. The number of amides is 1. The van der Waals surface area contributed by atoms with Crippen molar-refractivity contribution in [1.82, 2.24) is 4.90 Å². The fraction of sp³-hybridized carbons (Fsp3) is 0.667. The number of primary amides is 1. The molecule has 5 heteroatoms. The van der Waals surface area contributed by atoms with Crippen molar-refractivity contribution >= 4 is 5.91 Å². The maximum Gasteiger partial charge on any atom is 0.248 e. The summed E-state index contributed by atoms with van der Waals surface area (Å²) in [5.41, 5.74) is 6.92. The minimum Gasteiger partial charge on any atom is -0.381 e. The summed E-state index contributed by atoms with van der Waals surface area (Å²) in [7, 11) is 1.84. The molecule has 5 nitrogen and oxygen atoms in total. The first kappa shape index (κ1) is 18.0. The molecule has 4 atom stereocenters. The normalized spacial score (nSPS) is 34.7. The minimum absolute atomic E-state index is 0.299. The third-order valence-corrected chi connectivity index (χ3v) is 6.75. The van der Waals surface area contributed by atoms with E-state index in [1.165, 1.54) is 25.7 Å². The van der Waals surface area contributed by atoms with Gasteiger partial charge in [-0.1, -0.05) is 18.6 Å². The molecular weight excluding hydrogens is 328 g/mol. The van der Waals surface area contributed by atoms with Crippen LogP contribution in [0.4, 0.5) is 0 Å². The molecule has 0 radical (unpaired) electrons. The van der Waals surface area contributed by atoms with Crippen LogP contribution in [-0.2, 0) is 15.1 Å². The van der Waals surface area contributed by atoms with E-state index in [9.17, 15) is 4.79 Å². The van der Waals surface area contributed by atoms with Crippen molar-refractivity contribution in [3.05, 3.63) is 35.4 Å². The van der Waals surface area contributed by atoms with Gasteiger partial charge in [0.1, 0.15) is 5.60 Å². The van der Waals surface area contributed by atoms with Gasteiger partial charge in [0.05, 0.1) is 6.61 Å². The third kappa shape index (κ3) is 3.06. The highest BCUT2D eigenvalue weighted by atomic mass is 16.5. The van der Waals surface area contributed by atoms with E-state index in [1.807, 2.05) is 19.2 Å². The van der Waals surface area contributed by atoms with E-state index in [-0.39, 0.29) is 11.5 Å². The number of nitrogens with zero attached hydrogens (tertiary/aromatic N) is 1. The lowest BCUT2D eigenvalue weighted by Gasteiger charge is -2.55. The molecular formula is C21H30N2O3. The highest BCUT2D eigenvalue weighted by Gasteiger charge is 2.53. The number of nitrogens with two attached hydrogens (primary N) is 1. The number of rotatable bonds is 5. The van der Waals surface area contributed by atoms with Crippen molar-refractivity contribution in [1.29, 1.82) is 0 Å². The number of carbonyl (C=O) groups is 1. The molecule has 1 aliphatic carbocycles. The van der Waals surface area contributed by atoms with Gasteiger partial charge >= 0.3 is 0 Å². The van der Waals surface area contributed by atoms with E-state index in [0.717, 1.165) is 38.4 Å². The predicted octanol–water partition coefficient (Wildman–Crippen LogP) is 2.40. The maximum absolute atomic E-state index is 11.7. The minimum atomic E-state index is -0.373. The summed E-state index contributed by atoms with van der Waals surface area (Å²) in [6.45, 7) is 5.06. The summed E-state index contributed by atoms with van der Waals surface area (Å²) >= 11 is 0. The molecule has 2 aliphatic heterocycles. The Morgan fingerprint density at radius 2 is 2.08 bits per heavy atom. The van der Waals surface area contributed by atoms with Gasteiger partial charge in [0.25, 0.3) is 0 Å². The van der Waals surface area contributed by atoms with Gasteiger partial charge in [-0.3, -0.25) is 4.79 Å². The Kier molecular flexibility index (Phi) is 5.04. The molecule has 2 N–H and O–H groups in total. The topological polar surface area (TPSA) is 64.8 Å². The molecule has 4 rings (SSSR count). The average molecular weight is 358 g/mol. The molecule has 3 fully saturated rings. The van der Waals surface area contributed by atoms with Crippen molar-refractivity contribution < 1.29 is 14.3 Å². The highest BCUT2D eigenvalue weighted by molar-refractivity contribution is 5.92. The number of hydrogen-bond donors (Lipinski definition) is 1. The number of hydrogen-bond acceptors (Lipinski definition) is 4. The molecule has 2 bridgehead atoms. The molecule has 2 saturated heterocycles. The number of fused-ring (bicyclic) bond motifs is 2. The lowest BCUT2D eigenvalue weighted by Crippen LogP contribution is -2.59. The Morgan fingerprint density at radius 3 is 2.69 bits per heavy atom. The first-order chi connectivity index (χ1) is 12.6. The summed E-state index contributed by atoms with van der Waals surface area (Å²) in [5.74, 6) is 1.20. The number of piperidine rings is 1. The Labute approximate surface area is 155 Å². The van der Waals surface area contributed by atoms with Crippen molar-refractivity contribution in [2.75, 3.05) is 40.0 Å². The quantitative estimate of drug-likeness (QED) is 0.878. The molecule has 1 amide bonds. The van der Waals surface area contributed by atoms with Crippen LogP contribution < -0.4 is 5.73 Å². The summed E-state index contributed by atoms with van der Waals surface area (Å²) < 4.78 is 11.8. The van der Waals surface area contributed by atoms with E-state index in [4.69, 9.17) is 15.2 Å². The van der Waals surface area contributed by atoms with Gasteiger partial charge < -0.3 is 20.1 Å². The highest BCUT2D eigenvalue weighted by Crippen LogP contribution is 2.51. The van der Waals surface area contributed by atoms with Crippen molar-refractivity contribution in [3.63, 3.8) is 0 Å². The van der Waals surface area contributed by atoms with E-state index < -0.39 is 0 Å². The zero-order chi connectivity index (χ0) is 18.1. The van der Waals surface area contributed by atoms with Gasteiger partial charge in [-0.15, -0.1) is 0 Å². The molecule has 0 aromatic heterocycles. The van der Waals surface area contributed by atoms with Crippen LogP contribution in [0, 0.1) is 17.8 Å². The second-order valence-electron chi connectivity index (χ2n) is 8.22. The smallest absolute Gasteiger partial charge is 0.248 e. The Balaban J connectivity index is 1.61. The van der Waals surface area contributed by atoms with Gasteiger partial charge in [0.15, 0.2) is 0 Å². The summed E-state index contributed by atoms with van der Waals surface area (Å²) in [4.78, 5) is 14.3. The van der Waals surface area contributed by atoms with Crippen LogP contribution in [0.2, 0.25) is 0 Å². The molecule has 26 heavy (non-hydrogen) atoms. The van der Waals surface area contributed by atoms with Crippen molar-refractivity contribution in [3.8, 4) is 0 Å². The molecule has 1 saturated carbocycles. The van der Waals surface area contributed by atoms with Gasteiger partial charge in [-0.25, -0.2) is 0 Å². The monoisotopic (exact) mass is 358 g/mol. The van der Waals surface area contributed by atoms with Crippen molar-refractivity contribution in [2.45, 2.75) is 31.3 Å². The molecule has 3 aliphatic rings. The first-order valence-corrected chi connectivity index (χ1v) is 9.89. The number of benzene rings is 1.